The van der Waals surface area contributed by atoms with Gasteiger partial charge in [0.25, 0.3) is 0 Å². The zero-order valence-corrected chi connectivity index (χ0v) is 13.0. The van der Waals surface area contributed by atoms with Gasteiger partial charge in [-0.15, -0.1) is 10.2 Å². The van der Waals surface area contributed by atoms with Crippen molar-refractivity contribution >= 4 is 11.6 Å². The van der Waals surface area contributed by atoms with Gasteiger partial charge in [0.2, 0.25) is 0 Å². The Labute approximate surface area is 133 Å². The van der Waals surface area contributed by atoms with Gasteiger partial charge in [0.15, 0.2) is 0 Å². The number of aromatic nitrogens is 4. The Morgan fingerprint density at radius 1 is 1.14 bits per heavy atom. The lowest BCUT2D eigenvalue weighted by molar-refractivity contribution is 0.688. The number of benzene rings is 1. The molecular weight excluding hydrogens is 296 g/mol. The van der Waals surface area contributed by atoms with Crippen LogP contribution in [-0.4, -0.2) is 19.7 Å². The van der Waals surface area contributed by atoms with Crippen molar-refractivity contribution in [3.63, 3.8) is 0 Å². The van der Waals surface area contributed by atoms with Gasteiger partial charge in [-0.1, -0.05) is 29.8 Å². The molecule has 0 fully saturated rings. The van der Waals surface area contributed by atoms with Crippen LogP contribution in [0.2, 0.25) is 5.02 Å². The van der Waals surface area contributed by atoms with Crippen molar-refractivity contribution in [1.29, 1.82) is 0 Å². The molecule has 0 bridgehead atoms. The van der Waals surface area contributed by atoms with E-state index < -0.39 is 0 Å². The van der Waals surface area contributed by atoms with E-state index in [0.29, 0.717) is 5.02 Å². The summed E-state index contributed by atoms with van der Waals surface area (Å²) in [6.45, 7) is 1.99. The maximum Gasteiger partial charge on any atom is 0.137 e. The summed E-state index contributed by atoms with van der Waals surface area (Å²) in [7, 11) is 0. The van der Waals surface area contributed by atoms with Crippen molar-refractivity contribution in [2.24, 2.45) is 0 Å². The van der Waals surface area contributed by atoms with E-state index in [1.807, 2.05) is 19.1 Å². The van der Waals surface area contributed by atoms with E-state index in [-0.39, 0.29) is 5.92 Å². The van der Waals surface area contributed by atoms with Gasteiger partial charge >= 0.3 is 0 Å². The highest BCUT2D eigenvalue weighted by Crippen LogP contribution is 2.36. The van der Waals surface area contributed by atoms with Crippen LogP contribution in [-0.2, 0) is 6.42 Å². The maximum atomic E-state index is 5.97. The molecule has 4 rings (SSSR count). The van der Waals surface area contributed by atoms with Gasteiger partial charge in [-0.05, 0) is 37.1 Å². The Bertz CT molecular complexity index is 823. The second-order valence-corrected chi connectivity index (χ2v) is 5.99. The van der Waals surface area contributed by atoms with Gasteiger partial charge in [-0.3, -0.25) is 9.55 Å². The Hall–Kier alpha value is -2.20. The highest BCUT2D eigenvalue weighted by molar-refractivity contribution is 6.30. The van der Waals surface area contributed by atoms with Crippen molar-refractivity contribution in [1.82, 2.24) is 19.7 Å². The smallest absolute Gasteiger partial charge is 0.137 e. The molecule has 1 aliphatic rings. The molecule has 0 amide bonds. The minimum atomic E-state index is 0.245. The number of nitrogens with zero attached hydrogens (tertiary/aromatic N) is 4. The van der Waals surface area contributed by atoms with Crippen LogP contribution in [0.4, 0.5) is 0 Å². The van der Waals surface area contributed by atoms with Gasteiger partial charge in [0, 0.05) is 24.2 Å². The van der Waals surface area contributed by atoms with E-state index in [0.717, 1.165) is 35.9 Å². The Kier molecular flexibility index (Phi) is 3.19. The molecule has 22 heavy (non-hydrogen) atoms. The summed E-state index contributed by atoms with van der Waals surface area (Å²) in [4.78, 5) is 4.53. The molecule has 0 radical (unpaired) electrons. The second-order valence-electron chi connectivity index (χ2n) is 5.55. The van der Waals surface area contributed by atoms with Gasteiger partial charge < -0.3 is 0 Å². The molecule has 0 aliphatic carbocycles. The zero-order valence-electron chi connectivity index (χ0n) is 12.2. The molecule has 4 nitrogen and oxygen atoms in total. The van der Waals surface area contributed by atoms with E-state index in [9.17, 15) is 0 Å². The fourth-order valence-electron chi connectivity index (χ4n) is 3.20. The number of halogens is 1. The summed E-state index contributed by atoms with van der Waals surface area (Å²) < 4.78 is 2.16. The molecule has 0 saturated heterocycles. The molecule has 1 unspecified atom stereocenters. The molecule has 5 heteroatoms. The number of fused-ring (bicyclic) bond motifs is 3. The van der Waals surface area contributed by atoms with Gasteiger partial charge in [-0.2, -0.15) is 0 Å². The summed E-state index contributed by atoms with van der Waals surface area (Å²) in [6.07, 6.45) is 3.56. The van der Waals surface area contributed by atoms with Crippen molar-refractivity contribution < 1.29 is 0 Å². The number of hydrogen-bond acceptors (Lipinski definition) is 3. The van der Waals surface area contributed by atoms with Gasteiger partial charge in [-0.25, -0.2) is 0 Å². The van der Waals surface area contributed by atoms with E-state index in [2.05, 4.69) is 44.0 Å². The molecule has 1 aliphatic heterocycles. The lowest BCUT2D eigenvalue weighted by Crippen LogP contribution is -2.06. The third-order valence-corrected chi connectivity index (χ3v) is 4.43. The summed E-state index contributed by atoms with van der Waals surface area (Å²) in [5, 5.41) is 9.22. The first-order valence-corrected chi connectivity index (χ1v) is 7.73. The molecule has 3 heterocycles. The first kappa shape index (κ1) is 13.5. The van der Waals surface area contributed by atoms with Crippen molar-refractivity contribution in [3.8, 4) is 5.69 Å². The lowest BCUT2D eigenvalue weighted by Gasteiger charge is -2.17. The molecule has 0 N–H and O–H groups in total. The van der Waals surface area contributed by atoms with Gasteiger partial charge in [0.05, 0.1) is 10.7 Å². The van der Waals surface area contributed by atoms with Crippen LogP contribution in [0.3, 0.4) is 0 Å². The minimum Gasteiger partial charge on any atom is -0.283 e. The number of aryl methyl sites for hydroxylation is 2. The molecule has 2 aromatic heterocycles. The number of hydrogen-bond donors (Lipinski definition) is 0. The Balaban J connectivity index is 1.90. The minimum absolute atomic E-state index is 0.245. The van der Waals surface area contributed by atoms with Crippen molar-refractivity contribution in [2.75, 3.05) is 0 Å². The summed E-state index contributed by atoms with van der Waals surface area (Å²) in [5.74, 6) is 2.18. The highest BCUT2D eigenvalue weighted by atomic mass is 35.5. The molecular formula is C17H15ClN4. The fourth-order valence-corrected chi connectivity index (χ4v) is 3.31. The molecule has 1 aromatic carbocycles. The first-order chi connectivity index (χ1) is 10.7. The standard InChI is InChI=1S/C17H15ClN4/c1-11-20-21-17-9-7-13(15-8-6-12(18)10-19-15)14-4-2-3-5-16(14)22(11)17/h2-6,8,10,13H,7,9H2,1H3. The van der Waals surface area contributed by atoms with Crippen molar-refractivity contribution in [2.45, 2.75) is 25.7 Å². The highest BCUT2D eigenvalue weighted by Gasteiger charge is 2.26. The maximum absolute atomic E-state index is 5.97. The van der Waals surface area contributed by atoms with E-state index in [1.165, 1.54) is 5.56 Å². The van der Waals surface area contributed by atoms with E-state index >= 15 is 0 Å². The average Bonchev–Trinajstić information content (AvgIpc) is 2.82. The molecule has 0 saturated carbocycles. The normalized spacial score (nSPS) is 16.7. The summed E-state index contributed by atoms with van der Waals surface area (Å²) in [5.41, 5.74) is 3.46. The summed E-state index contributed by atoms with van der Waals surface area (Å²) in [6, 6.07) is 12.4. The van der Waals surface area contributed by atoms with E-state index in [4.69, 9.17) is 11.6 Å². The third kappa shape index (κ3) is 2.11. The monoisotopic (exact) mass is 310 g/mol. The van der Waals surface area contributed by atoms with Crippen LogP contribution in [0.5, 0.6) is 0 Å². The predicted octanol–water partition coefficient (Wildman–Crippen LogP) is 3.70. The number of rotatable bonds is 1. The SMILES string of the molecule is Cc1nnc2n1-c1ccccc1C(c1ccc(Cl)cn1)CC2. The van der Waals surface area contributed by atoms with Crippen LogP contribution >= 0.6 is 11.6 Å². The Morgan fingerprint density at radius 3 is 2.82 bits per heavy atom. The average molecular weight is 311 g/mol. The quantitative estimate of drug-likeness (QED) is 0.688. The summed E-state index contributed by atoms with van der Waals surface area (Å²) >= 11 is 5.97. The lowest BCUT2D eigenvalue weighted by atomic mass is 9.90. The largest absolute Gasteiger partial charge is 0.283 e. The van der Waals surface area contributed by atoms with Crippen LogP contribution in [0.25, 0.3) is 5.69 Å². The van der Waals surface area contributed by atoms with Crippen LogP contribution < -0.4 is 0 Å². The van der Waals surface area contributed by atoms with E-state index in [1.54, 1.807) is 6.20 Å². The fraction of sp³-hybridized carbons (Fsp3) is 0.235. The molecule has 110 valence electrons. The van der Waals surface area contributed by atoms with Crippen LogP contribution in [0.15, 0.2) is 42.6 Å². The molecule has 3 aromatic rings. The van der Waals surface area contributed by atoms with Crippen LogP contribution in [0.1, 0.15) is 35.2 Å². The second kappa shape index (κ2) is 5.21. The third-order valence-electron chi connectivity index (χ3n) is 4.21. The van der Waals surface area contributed by atoms with Gasteiger partial charge in [0.1, 0.15) is 11.6 Å². The Morgan fingerprint density at radius 2 is 2.00 bits per heavy atom. The number of para-hydroxylation sites is 1. The number of pyridine rings is 1. The molecule has 1 atom stereocenters. The van der Waals surface area contributed by atoms with Crippen molar-refractivity contribution in [3.05, 3.63) is 70.5 Å². The topological polar surface area (TPSA) is 43.6 Å². The molecule has 0 spiro atoms. The predicted molar refractivity (Wildman–Crippen MR) is 85.5 cm³/mol. The van der Waals surface area contributed by atoms with Crippen LogP contribution in [0, 0.1) is 6.92 Å². The zero-order chi connectivity index (χ0) is 15.1. The first-order valence-electron chi connectivity index (χ1n) is 7.35.